The highest BCUT2D eigenvalue weighted by Gasteiger charge is 2.22. The summed E-state index contributed by atoms with van der Waals surface area (Å²) in [5.74, 6) is 1.25. The van der Waals surface area contributed by atoms with Crippen molar-refractivity contribution >= 4 is 29.2 Å². The number of nitrogens with zero attached hydrogens (tertiary/aromatic N) is 4. The minimum absolute atomic E-state index is 0.0911. The van der Waals surface area contributed by atoms with Gasteiger partial charge < -0.3 is 19.6 Å². The van der Waals surface area contributed by atoms with Gasteiger partial charge in [-0.3, -0.25) is 4.79 Å². The first-order valence-electron chi connectivity index (χ1n) is 9.40. The Hall–Kier alpha value is -2.61. The maximum atomic E-state index is 12.5. The van der Waals surface area contributed by atoms with Crippen molar-refractivity contribution in [3.8, 4) is 0 Å². The van der Waals surface area contributed by atoms with Gasteiger partial charge in [0.25, 0.3) is 0 Å². The SMILES string of the molecule is Cc1noc(CCCC(=O)N2CCCN(C(=O)Nc3cccc(Cl)c3)CC2)n1. The molecule has 9 heteroatoms. The van der Waals surface area contributed by atoms with Crippen molar-refractivity contribution in [2.24, 2.45) is 0 Å². The molecule has 150 valence electrons. The third kappa shape index (κ3) is 5.69. The molecule has 1 aliphatic heterocycles. The lowest BCUT2D eigenvalue weighted by Gasteiger charge is -2.22. The molecule has 28 heavy (non-hydrogen) atoms. The number of rotatable bonds is 5. The van der Waals surface area contributed by atoms with E-state index in [1.54, 1.807) is 36.1 Å². The van der Waals surface area contributed by atoms with Gasteiger partial charge in [0.2, 0.25) is 11.8 Å². The van der Waals surface area contributed by atoms with Crippen LogP contribution in [-0.4, -0.2) is 58.1 Å². The van der Waals surface area contributed by atoms with Gasteiger partial charge in [-0.1, -0.05) is 22.8 Å². The Kier molecular flexibility index (Phi) is 6.86. The first-order chi connectivity index (χ1) is 13.5. The number of aryl methyl sites for hydroxylation is 2. The molecule has 2 aromatic rings. The maximum absolute atomic E-state index is 12.5. The molecule has 1 saturated heterocycles. The summed E-state index contributed by atoms with van der Waals surface area (Å²) in [6.45, 7) is 4.06. The topological polar surface area (TPSA) is 91.6 Å². The Morgan fingerprint density at radius 1 is 1.21 bits per heavy atom. The number of benzene rings is 1. The lowest BCUT2D eigenvalue weighted by molar-refractivity contribution is -0.131. The Bertz CT molecular complexity index is 825. The molecule has 1 N–H and O–H groups in total. The first kappa shape index (κ1) is 20.1. The molecule has 0 bridgehead atoms. The molecule has 0 spiro atoms. The molecular weight excluding hydrogens is 382 g/mol. The summed E-state index contributed by atoms with van der Waals surface area (Å²) in [7, 11) is 0. The number of aromatic nitrogens is 2. The molecule has 3 amide bonds. The highest BCUT2D eigenvalue weighted by molar-refractivity contribution is 6.30. The van der Waals surface area contributed by atoms with Crippen molar-refractivity contribution in [3.63, 3.8) is 0 Å². The summed E-state index contributed by atoms with van der Waals surface area (Å²) in [6, 6.07) is 6.87. The third-order valence-electron chi connectivity index (χ3n) is 4.56. The Balaban J connectivity index is 1.44. The van der Waals surface area contributed by atoms with E-state index < -0.39 is 0 Å². The zero-order valence-electron chi connectivity index (χ0n) is 15.9. The number of hydrogen-bond donors (Lipinski definition) is 1. The number of nitrogens with one attached hydrogen (secondary N) is 1. The molecule has 1 aromatic carbocycles. The van der Waals surface area contributed by atoms with Crippen LogP contribution in [0.2, 0.25) is 5.02 Å². The van der Waals surface area contributed by atoms with E-state index in [2.05, 4.69) is 15.5 Å². The number of halogens is 1. The van der Waals surface area contributed by atoms with Gasteiger partial charge in [0, 0.05) is 49.7 Å². The van der Waals surface area contributed by atoms with Crippen LogP contribution in [0.25, 0.3) is 0 Å². The maximum Gasteiger partial charge on any atom is 0.321 e. The van der Waals surface area contributed by atoms with Gasteiger partial charge in [0.15, 0.2) is 5.82 Å². The van der Waals surface area contributed by atoms with Gasteiger partial charge in [-0.15, -0.1) is 0 Å². The van der Waals surface area contributed by atoms with E-state index in [0.29, 0.717) is 67.9 Å². The van der Waals surface area contributed by atoms with Gasteiger partial charge >= 0.3 is 6.03 Å². The van der Waals surface area contributed by atoms with Crippen LogP contribution < -0.4 is 5.32 Å². The molecule has 1 aliphatic rings. The molecule has 0 saturated carbocycles. The van der Waals surface area contributed by atoms with E-state index in [1.807, 2.05) is 4.90 Å². The van der Waals surface area contributed by atoms with Crippen molar-refractivity contribution in [3.05, 3.63) is 41.0 Å². The molecule has 0 aliphatic carbocycles. The van der Waals surface area contributed by atoms with E-state index in [1.165, 1.54) is 0 Å². The molecule has 8 nitrogen and oxygen atoms in total. The fourth-order valence-electron chi connectivity index (χ4n) is 3.13. The van der Waals surface area contributed by atoms with Gasteiger partial charge in [-0.05, 0) is 38.0 Å². The second-order valence-electron chi connectivity index (χ2n) is 6.75. The van der Waals surface area contributed by atoms with Crippen LogP contribution in [0.3, 0.4) is 0 Å². The number of urea groups is 1. The van der Waals surface area contributed by atoms with Crippen LogP contribution in [0, 0.1) is 6.92 Å². The Morgan fingerprint density at radius 2 is 2.00 bits per heavy atom. The van der Waals surface area contributed by atoms with Crippen LogP contribution in [0.1, 0.15) is 31.0 Å². The molecule has 0 unspecified atom stereocenters. The second-order valence-corrected chi connectivity index (χ2v) is 7.19. The summed E-state index contributed by atoms with van der Waals surface area (Å²) >= 11 is 5.95. The van der Waals surface area contributed by atoms with Crippen molar-refractivity contribution in [2.75, 3.05) is 31.5 Å². The lowest BCUT2D eigenvalue weighted by atomic mass is 10.2. The summed E-state index contributed by atoms with van der Waals surface area (Å²) in [5.41, 5.74) is 0.658. The van der Waals surface area contributed by atoms with E-state index in [4.69, 9.17) is 16.1 Å². The molecule has 1 aromatic heterocycles. The normalized spacial score (nSPS) is 14.6. The van der Waals surface area contributed by atoms with Crippen molar-refractivity contribution < 1.29 is 14.1 Å². The summed E-state index contributed by atoms with van der Waals surface area (Å²) in [5, 5.41) is 7.17. The van der Waals surface area contributed by atoms with Crippen molar-refractivity contribution in [1.29, 1.82) is 0 Å². The van der Waals surface area contributed by atoms with Gasteiger partial charge in [0.1, 0.15) is 0 Å². The molecule has 0 radical (unpaired) electrons. The number of carbonyl (C=O) groups is 2. The lowest BCUT2D eigenvalue weighted by Crippen LogP contribution is -2.39. The van der Waals surface area contributed by atoms with Gasteiger partial charge in [-0.25, -0.2) is 4.79 Å². The minimum atomic E-state index is -0.177. The van der Waals surface area contributed by atoms with E-state index >= 15 is 0 Å². The summed E-state index contributed by atoms with van der Waals surface area (Å²) in [4.78, 5) is 32.7. The quantitative estimate of drug-likeness (QED) is 0.825. The van der Waals surface area contributed by atoms with Crippen LogP contribution in [0.15, 0.2) is 28.8 Å². The molecule has 3 rings (SSSR count). The zero-order valence-corrected chi connectivity index (χ0v) is 16.6. The highest BCUT2D eigenvalue weighted by Crippen LogP contribution is 2.16. The zero-order chi connectivity index (χ0) is 19.9. The molecule has 0 atom stereocenters. The highest BCUT2D eigenvalue weighted by atomic mass is 35.5. The standard InChI is InChI=1S/C19H24ClN5O3/c1-14-21-17(28-23-14)7-3-8-18(26)24-9-4-10-25(12-11-24)19(27)22-16-6-2-5-15(20)13-16/h2,5-6,13H,3-4,7-12H2,1H3,(H,22,27). The fourth-order valence-corrected chi connectivity index (χ4v) is 3.32. The Labute approximate surface area is 168 Å². The monoisotopic (exact) mass is 405 g/mol. The smallest absolute Gasteiger partial charge is 0.321 e. The van der Waals surface area contributed by atoms with Crippen molar-refractivity contribution in [1.82, 2.24) is 19.9 Å². The predicted octanol–water partition coefficient (Wildman–Crippen LogP) is 3.12. The molecular formula is C19H24ClN5O3. The number of carbonyl (C=O) groups excluding carboxylic acids is 2. The summed E-state index contributed by atoms with van der Waals surface area (Å²) in [6.07, 6.45) is 2.43. The predicted molar refractivity (Wildman–Crippen MR) is 105 cm³/mol. The van der Waals surface area contributed by atoms with E-state index in [9.17, 15) is 9.59 Å². The first-order valence-corrected chi connectivity index (χ1v) is 9.77. The van der Waals surface area contributed by atoms with Gasteiger partial charge in [0.05, 0.1) is 0 Å². The largest absolute Gasteiger partial charge is 0.341 e. The van der Waals surface area contributed by atoms with E-state index in [-0.39, 0.29) is 11.9 Å². The van der Waals surface area contributed by atoms with Gasteiger partial charge in [-0.2, -0.15) is 4.98 Å². The average molecular weight is 406 g/mol. The number of amides is 3. The van der Waals surface area contributed by atoms with Crippen LogP contribution in [-0.2, 0) is 11.2 Å². The number of anilines is 1. The minimum Gasteiger partial charge on any atom is -0.341 e. The third-order valence-corrected chi connectivity index (χ3v) is 4.80. The second kappa shape index (κ2) is 9.54. The molecule has 1 fully saturated rings. The van der Waals surface area contributed by atoms with Crippen LogP contribution in [0.4, 0.5) is 10.5 Å². The molecule has 2 heterocycles. The van der Waals surface area contributed by atoms with Crippen LogP contribution >= 0.6 is 11.6 Å². The van der Waals surface area contributed by atoms with Crippen LogP contribution in [0.5, 0.6) is 0 Å². The number of hydrogen-bond acceptors (Lipinski definition) is 5. The van der Waals surface area contributed by atoms with E-state index in [0.717, 1.165) is 6.42 Å². The summed E-state index contributed by atoms with van der Waals surface area (Å²) < 4.78 is 5.06. The van der Waals surface area contributed by atoms with Crippen molar-refractivity contribution in [2.45, 2.75) is 32.6 Å². The Morgan fingerprint density at radius 3 is 2.75 bits per heavy atom. The fraction of sp³-hybridized carbons (Fsp3) is 0.474. The average Bonchev–Trinajstić information content (AvgIpc) is 2.92.